The van der Waals surface area contributed by atoms with Crippen molar-refractivity contribution < 1.29 is 4.39 Å². The van der Waals surface area contributed by atoms with Crippen molar-refractivity contribution in [2.45, 2.75) is 45.2 Å². The second kappa shape index (κ2) is 6.92. The second-order valence-corrected chi connectivity index (χ2v) is 6.74. The lowest BCUT2D eigenvalue weighted by Crippen LogP contribution is -2.32. The van der Waals surface area contributed by atoms with Gasteiger partial charge >= 0.3 is 0 Å². The quantitative estimate of drug-likeness (QED) is 0.655. The largest absolute Gasteiger partial charge is 0.289 e. The Bertz CT molecular complexity index is 873. The molecule has 0 aromatic carbocycles. The lowest BCUT2D eigenvalue weighted by molar-refractivity contribution is 0.164. The molecule has 0 radical (unpaired) electrons. The van der Waals surface area contributed by atoms with Crippen molar-refractivity contribution in [1.82, 2.24) is 19.3 Å². The Morgan fingerprint density at radius 2 is 2.20 bits per heavy atom. The number of hydrogen-bond acceptors (Lipinski definition) is 3. The van der Waals surface area contributed by atoms with Gasteiger partial charge in [-0.05, 0) is 56.0 Å². The minimum Gasteiger partial charge on any atom is -0.289 e. The van der Waals surface area contributed by atoms with Gasteiger partial charge in [-0.2, -0.15) is 4.39 Å². The zero-order valence-electron chi connectivity index (χ0n) is 14.5. The van der Waals surface area contributed by atoms with Crippen molar-refractivity contribution >= 4 is 5.65 Å². The topological polar surface area (TPSA) is 33.4 Å². The number of nitrogens with zero attached hydrogens (tertiary/aromatic N) is 4. The summed E-state index contributed by atoms with van der Waals surface area (Å²) in [6, 6.07) is 9.54. The molecular weight excluding hydrogens is 315 g/mol. The van der Waals surface area contributed by atoms with E-state index in [1.54, 1.807) is 6.07 Å². The molecule has 25 heavy (non-hydrogen) atoms. The molecule has 3 heterocycles. The first-order chi connectivity index (χ1) is 12.3. The first-order valence-corrected chi connectivity index (χ1v) is 9.06. The van der Waals surface area contributed by atoms with Gasteiger partial charge in [-0.1, -0.05) is 19.1 Å². The van der Waals surface area contributed by atoms with E-state index in [1.165, 1.54) is 28.1 Å². The van der Waals surface area contributed by atoms with E-state index in [0.717, 1.165) is 38.0 Å². The van der Waals surface area contributed by atoms with Gasteiger partial charge in [-0.25, -0.2) is 4.98 Å². The zero-order chi connectivity index (χ0) is 17.2. The highest BCUT2D eigenvalue weighted by Crippen LogP contribution is 2.33. The lowest BCUT2D eigenvalue weighted by Gasteiger charge is -2.34. The number of aromatic nitrogens is 3. The number of fused-ring (bicyclic) bond motifs is 2. The third-order valence-corrected chi connectivity index (χ3v) is 4.97. The summed E-state index contributed by atoms with van der Waals surface area (Å²) in [6.45, 7) is 3.89. The maximum Gasteiger partial charge on any atom is 0.199 e. The highest BCUT2D eigenvalue weighted by molar-refractivity contribution is 5.39. The third-order valence-electron chi connectivity index (χ3n) is 4.97. The van der Waals surface area contributed by atoms with Gasteiger partial charge in [0.05, 0.1) is 17.4 Å². The average Bonchev–Trinajstić information content (AvgIpc) is 3.05. The standard InChI is InChI=1S/C20H23FN4/c1-2-12-24(17-8-3-6-15-7-5-11-22-20(15)17)13-16-14-25-18(21)9-4-10-19(25)23-16/h4-5,7,9-11,14,17H,2-3,6,8,12-13H2,1H3. The SMILES string of the molecule is CCCN(Cc1cn2c(F)cccc2n1)C1CCCc2cccnc21. The van der Waals surface area contributed by atoms with E-state index in [-0.39, 0.29) is 5.95 Å². The molecule has 1 aliphatic carbocycles. The molecule has 4 rings (SSSR count). The minimum atomic E-state index is -0.275. The monoisotopic (exact) mass is 338 g/mol. The fourth-order valence-electron chi connectivity index (χ4n) is 3.88. The summed E-state index contributed by atoms with van der Waals surface area (Å²) in [4.78, 5) is 11.7. The van der Waals surface area contributed by atoms with Gasteiger partial charge in [0, 0.05) is 18.9 Å². The van der Waals surface area contributed by atoms with Crippen LogP contribution in [0.2, 0.25) is 0 Å². The summed E-state index contributed by atoms with van der Waals surface area (Å²) < 4.78 is 15.5. The summed E-state index contributed by atoms with van der Waals surface area (Å²) in [5.74, 6) is -0.275. The molecule has 0 aliphatic heterocycles. The molecule has 0 fully saturated rings. The Kier molecular flexibility index (Phi) is 4.49. The van der Waals surface area contributed by atoms with Gasteiger partial charge < -0.3 is 0 Å². The Morgan fingerprint density at radius 1 is 1.28 bits per heavy atom. The van der Waals surface area contributed by atoms with Gasteiger partial charge in [0.2, 0.25) is 0 Å². The summed E-state index contributed by atoms with van der Waals surface area (Å²) in [5, 5.41) is 0. The Balaban J connectivity index is 1.64. The van der Waals surface area contributed by atoms with Gasteiger partial charge in [0.25, 0.3) is 0 Å². The maximum atomic E-state index is 13.9. The van der Waals surface area contributed by atoms with Gasteiger partial charge in [0.1, 0.15) is 5.65 Å². The van der Waals surface area contributed by atoms with E-state index in [4.69, 9.17) is 0 Å². The van der Waals surface area contributed by atoms with E-state index in [0.29, 0.717) is 11.7 Å². The molecule has 130 valence electrons. The number of imidazole rings is 1. The van der Waals surface area contributed by atoms with Gasteiger partial charge in [-0.3, -0.25) is 14.3 Å². The van der Waals surface area contributed by atoms with Crippen molar-refractivity contribution in [3.05, 3.63) is 65.6 Å². The molecular formula is C20H23FN4. The van der Waals surface area contributed by atoms with Crippen LogP contribution in [0.3, 0.4) is 0 Å². The molecule has 0 spiro atoms. The van der Waals surface area contributed by atoms with Crippen LogP contribution in [0, 0.1) is 5.95 Å². The maximum absolute atomic E-state index is 13.9. The van der Waals surface area contributed by atoms with Gasteiger partial charge in [0.15, 0.2) is 5.95 Å². The summed E-state index contributed by atoms with van der Waals surface area (Å²) in [6.07, 6.45) is 8.19. The van der Waals surface area contributed by atoms with E-state index in [9.17, 15) is 4.39 Å². The Labute approximate surface area is 147 Å². The molecule has 1 unspecified atom stereocenters. The first kappa shape index (κ1) is 16.2. The Morgan fingerprint density at radius 3 is 3.04 bits per heavy atom. The van der Waals surface area contributed by atoms with Crippen LogP contribution in [0.4, 0.5) is 4.39 Å². The highest BCUT2D eigenvalue weighted by Gasteiger charge is 2.27. The number of rotatable bonds is 5. The fourth-order valence-corrected chi connectivity index (χ4v) is 3.88. The number of hydrogen-bond donors (Lipinski definition) is 0. The molecule has 1 aliphatic rings. The summed E-state index contributed by atoms with van der Waals surface area (Å²) in [7, 11) is 0. The van der Waals surface area contributed by atoms with Crippen molar-refractivity contribution in [3.63, 3.8) is 0 Å². The number of pyridine rings is 2. The Hall–Kier alpha value is -2.27. The molecule has 4 nitrogen and oxygen atoms in total. The van der Waals surface area contributed by atoms with Crippen molar-refractivity contribution in [3.8, 4) is 0 Å². The van der Waals surface area contributed by atoms with Crippen molar-refractivity contribution in [2.24, 2.45) is 0 Å². The first-order valence-electron chi connectivity index (χ1n) is 9.06. The normalized spacial score (nSPS) is 17.2. The van der Waals surface area contributed by atoms with Crippen LogP contribution < -0.4 is 0 Å². The molecule has 0 saturated heterocycles. The molecule has 0 amide bonds. The number of halogens is 1. The zero-order valence-corrected chi connectivity index (χ0v) is 14.5. The van der Waals surface area contributed by atoms with E-state index in [1.807, 2.05) is 24.5 Å². The molecule has 0 saturated carbocycles. The lowest BCUT2D eigenvalue weighted by atomic mass is 9.90. The molecule has 0 N–H and O–H groups in total. The molecule has 3 aromatic heterocycles. The average molecular weight is 338 g/mol. The smallest absolute Gasteiger partial charge is 0.199 e. The fraction of sp³-hybridized carbons (Fsp3) is 0.400. The van der Waals surface area contributed by atoms with Crippen LogP contribution in [0.25, 0.3) is 5.65 Å². The molecule has 1 atom stereocenters. The number of aryl methyl sites for hydroxylation is 1. The molecule has 3 aromatic rings. The predicted molar refractivity (Wildman–Crippen MR) is 95.8 cm³/mol. The molecule has 0 bridgehead atoms. The van der Waals surface area contributed by atoms with Crippen molar-refractivity contribution in [2.75, 3.05) is 6.54 Å². The van der Waals surface area contributed by atoms with Crippen LogP contribution in [-0.2, 0) is 13.0 Å². The second-order valence-electron chi connectivity index (χ2n) is 6.74. The van der Waals surface area contributed by atoms with E-state index >= 15 is 0 Å². The minimum absolute atomic E-state index is 0.275. The van der Waals surface area contributed by atoms with Crippen LogP contribution in [0.1, 0.15) is 49.2 Å². The van der Waals surface area contributed by atoms with Crippen LogP contribution in [0.5, 0.6) is 0 Å². The summed E-state index contributed by atoms with van der Waals surface area (Å²) in [5.41, 5.74) is 4.13. The highest BCUT2D eigenvalue weighted by atomic mass is 19.1. The van der Waals surface area contributed by atoms with Crippen molar-refractivity contribution in [1.29, 1.82) is 0 Å². The van der Waals surface area contributed by atoms with Crippen LogP contribution in [0.15, 0.2) is 42.7 Å². The van der Waals surface area contributed by atoms with Gasteiger partial charge in [-0.15, -0.1) is 0 Å². The van der Waals surface area contributed by atoms with E-state index in [2.05, 4.69) is 27.9 Å². The van der Waals surface area contributed by atoms with Crippen LogP contribution >= 0.6 is 0 Å². The summed E-state index contributed by atoms with van der Waals surface area (Å²) >= 11 is 0. The van der Waals surface area contributed by atoms with E-state index < -0.39 is 0 Å². The van der Waals surface area contributed by atoms with Crippen LogP contribution in [-0.4, -0.2) is 25.8 Å². The predicted octanol–water partition coefficient (Wildman–Crippen LogP) is 4.16. The molecule has 5 heteroatoms. The third kappa shape index (κ3) is 3.16.